The normalized spacial score (nSPS) is 18.0. The van der Waals surface area contributed by atoms with Gasteiger partial charge in [-0.25, -0.2) is 0 Å². The third-order valence-corrected chi connectivity index (χ3v) is 4.99. The number of carbonyl (C=O) groups is 1. The van der Waals surface area contributed by atoms with Crippen LogP contribution in [0.2, 0.25) is 0 Å². The van der Waals surface area contributed by atoms with Crippen molar-refractivity contribution in [2.24, 2.45) is 0 Å². The number of amides is 1. The number of nitrogens with zero attached hydrogens (tertiary/aromatic N) is 2. The molecule has 1 aliphatic rings. The fourth-order valence-electron chi connectivity index (χ4n) is 2.69. The Labute approximate surface area is 135 Å². The van der Waals surface area contributed by atoms with E-state index in [1.807, 2.05) is 43.1 Å². The molecule has 0 radical (unpaired) electrons. The largest absolute Gasteiger partial charge is 0.494 e. The standard InChI is InChI=1S/C17H20N2O2S/c1-3-19-16(20)12-22-17(19)13-8-9-18(11-13)14-6-5-7-15(10-14)21-4-2/h5-11,17H,3-4,12H2,1-2H3/t17-/m1/s1. The molecule has 5 heteroatoms. The van der Waals surface area contributed by atoms with Crippen LogP contribution < -0.4 is 4.74 Å². The van der Waals surface area contributed by atoms with Gasteiger partial charge in [-0.15, -0.1) is 11.8 Å². The lowest BCUT2D eigenvalue weighted by molar-refractivity contribution is -0.127. The SMILES string of the molecule is CCOc1cccc(-n2ccc([C@H]3SCC(=O)N3CC)c2)c1. The van der Waals surface area contributed by atoms with Gasteiger partial charge in [-0.3, -0.25) is 4.79 Å². The average Bonchev–Trinajstić information content (AvgIpc) is 3.14. The van der Waals surface area contributed by atoms with Gasteiger partial charge in [0, 0.05) is 36.3 Å². The molecule has 4 nitrogen and oxygen atoms in total. The molecule has 0 unspecified atom stereocenters. The van der Waals surface area contributed by atoms with Crippen LogP contribution in [0.3, 0.4) is 0 Å². The molecule has 0 saturated carbocycles. The highest BCUT2D eigenvalue weighted by Crippen LogP contribution is 2.38. The van der Waals surface area contributed by atoms with E-state index in [0.717, 1.165) is 18.0 Å². The summed E-state index contributed by atoms with van der Waals surface area (Å²) in [4.78, 5) is 13.8. The van der Waals surface area contributed by atoms with Crippen molar-refractivity contribution in [2.75, 3.05) is 18.9 Å². The summed E-state index contributed by atoms with van der Waals surface area (Å²) in [5.41, 5.74) is 2.23. The summed E-state index contributed by atoms with van der Waals surface area (Å²) < 4.78 is 7.63. The summed E-state index contributed by atoms with van der Waals surface area (Å²) in [6, 6.07) is 10.1. The minimum Gasteiger partial charge on any atom is -0.494 e. The van der Waals surface area contributed by atoms with E-state index in [1.165, 1.54) is 5.56 Å². The van der Waals surface area contributed by atoms with Crippen molar-refractivity contribution in [1.82, 2.24) is 9.47 Å². The summed E-state index contributed by atoms with van der Waals surface area (Å²) in [6.07, 6.45) is 4.14. The maximum absolute atomic E-state index is 11.9. The predicted octanol–water partition coefficient (Wildman–Crippen LogP) is 3.47. The lowest BCUT2D eigenvalue weighted by Gasteiger charge is -2.21. The zero-order valence-corrected chi connectivity index (χ0v) is 13.7. The van der Waals surface area contributed by atoms with E-state index in [4.69, 9.17) is 4.74 Å². The highest BCUT2D eigenvalue weighted by atomic mass is 32.2. The van der Waals surface area contributed by atoms with Crippen molar-refractivity contribution < 1.29 is 9.53 Å². The quantitative estimate of drug-likeness (QED) is 0.847. The zero-order valence-electron chi connectivity index (χ0n) is 12.9. The molecule has 1 aromatic carbocycles. The fourth-order valence-corrected chi connectivity index (χ4v) is 3.94. The van der Waals surface area contributed by atoms with Crippen LogP contribution in [0.5, 0.6) is 5.75 Å². The summed E-state index contributed by atoms with van der Waals surface area (Å²) in [5.74, 6) is 1.67. The maximum atomic E-state index is 11.9. The summed E-state index contributed by atoms with van der Waals surface area (Å²) in [5, 5.41) is 0.133. The van der Waals surface area contributed by atoms with E-state index in [-0.39, 0.29) is 11.3 Å². The topological polar surface area (TPSA) is 34.5 Å². The van der Waals surface area contributed by atoms with Gasteiger partial charge in [-0.05, 0) is 32.0 Å². The highest BCUT2D eigenvalue weighted by molar-refractivity contribution is 8.00. The van der Waals surface area contributed by atoms with Crippen molar-refractivity contribution in [1.29, 1.82) is 0 Å². The molecule has 116 valence electrons. The molecule has 0 spiro atoms. The van der Waals surface area contributed by atoms with Crippen LogP contribution in [0, 0.1) is 0 Å². The molecule has 2 heterocycles. The first kappa shape index (κ1) is 15.0. The van der Waals surface area contributed by atoms with Crippen molar-refractivity contribution in [3.8, 4) is 11.4 Å². The van der Waals surface area contributed by atoms with Crippen LogP contribution in [0.1, 0.15) is 24.8 Å². The molecule has 1 aromatic heterocycles. The van der Waals surface area contributed by atoms with Crippen LogP contribution in [0.4, 0.5) is 0 Å². The van der Waals surface area contributed by atoms with E-state index in [1.54, 1.807) is 11.8 Å². The van der Waals surface area contributed by atoms with E-state index in [9.17, 15) is 4.79 Å². The molecule has 1 aliphatic heterocycles. The number of thioether (sulfide) groups is 1. The predicted molar refractivity (Wildman–Crippen MR) is 89.5 cm³/mol. The molecule has 2 aromatic rings. The molecule has 1 fully saturated rings. The Balaban J connectivity index is 1.85. The Morgan fingerprint density at radius 1 is 1.32 bits per heavy atom. The van der Waals surface area contributed by atoms with Crippen LogP contribution in [-0.2, 0) is 4.79 Å². The van der Waals surface area contributed by atoms with Gasteiger partial charge in [0.25, 0.3) is 0 Å². The molecule has 0 N–H and O–H groups in total. The van der Waals surface area contributed by atoms with Crippen LogP contribution in [-0.4, -0.2) is 34.3 Å². The number of carbonyl (C=O) groups excluding carboxylic acids is 1. The maximum Gasteiger partial charge on any atom is 0.233 e. The number of ether oxygens (including phenoxy) is 1. The monoisotopic (exact) mass is 316 g/mol. The van der Waals surface area contributed by atoms with Gasteiger partial charge in [-0.1, -0.05) is 6.07 Å². The first-order valence-electron chi connectivity index (χ1n) is 7.55. The molecule has 1 atom stereocenters. The first-order valence-corrected chi connectivity index (χ1v) is 8.60. The second-order valence-electron chi connectivity index (χ2n) is 5.13. The van der Waals surface area contributed by atoms with Crippen molar-refractivity contribution in [2.45, 2.75) is 19.2 Å². The molecule has 0 bridgehead atoms. The summed E-state index contributed by atoms with van der Waals surface area (Å²) in [7, 11) is 0. The lowest BCUT2D eigenvalue weighted by Crippen LogP contribution is -2.27. The third-order valence-electron chi connectivity index (χ3n) is 3.74. The van der Waals surface area contributed by atoms with Gasteiger partial charge in [0.15, 0.2) is 0 Å². The minimum atomic E-state index is 0.133. The Kier molecular flexibility index (Phi) is 4.43. The van der Waals surface area contributed by atoms with Crippen molar-refractivity contribution in [3.63, 3.8) is 0 Å². The number of hydrogen-bond donors (Lipinski definition) is 0. The van der Waals surface area contributed by atoms with E-state index in [0.29, 0.717) is 12.4 Å². The molecule has 1 amide bonds. The third kappa shape index (κ3) is 2.86. The number of aromatic nitrogens is 1. The van der Waals surface area contributed by atoms with Crippen molar-refractivity contribution >= 4 is 17.7 Å². The Hall–Kier alpha value is -1.88. The molecular formula is C17H20N2O2S. The number of rotatable bonds is 5. The van der Waals surface area contributed by atoms with Crippen LogP contribution in [0.15, 0.2) is 42.7 Å². The Morgan fingerprint density at radius 2 is 2.18 bits per heavy atom. The molecule has 1 saturated heterocycles. The van der Waals surface area contributed by atoms with Gasteiger partial charge in [0.1, 0.15) is 11.1 Å². The van der Waals surface area contributed by atoms with Crippen LogP contribution in [0.25, 0.3) is 5.69 Å². The number of hydrogen-bond acceptors (Lipinski definition) is 3. The minimum absolute atomic E-state index is 0.133. The summed E-state index contributed by atoms with van der Waals surface area (Å²) >= 11 is 1.69. The lowest BCUT2D eigenvalue weighted by atomic mass is 10.3. The smallest absolute Gasteiger partial charge is 0.233 e. The van der Waals surface area contributed by atoms with Gasteiger partial charge < -0.3 is 14.2 Å². The second-order valence-corrected chi connectivity index (χ2v) is 6.19. The highest BCUT2D eigenvalue weighted by Gasteiger charge is 2.31. The first-order chi connectivity index (χ1) is 10.7. The Bertz CT molecular complexity index is 668. The van der Waals surface area contributed by atoms with E-state index >= 15 is 0 Å². The molecule has 22 heavy (non-hydrogen) atoms. The summed E-state index contributed by atoms with van der Waals surface area (Å²) in [6.45, 7) is 5.42. The average molecular weight is 316 g/mol. The van der Waals surface area contributed by atoms with Gasteiger partial charge in [-0.2, -0.15) is 0 Å². The number of benzene rings is 1. The van der Waals surface area contributed by atoms with Gasteiger partial charge >= 0.3 is 0 Å². The molecular weight excluding hydrogens is 296 g/mol. The second kappa shape index (κ2) is 6.48. The molecule has 3 rings (SSSR count). The van der Waals surface area contributed by atoms with E-state index in [2.05, 4.69) is 22.9 Å². The van der Waals surface area contributed by atoms with Crippen LogP contribution >= 0.6 is 11.8 Å². The Morgan fingerprint density at radius 3 is 2.95 bits per heavy atom. The fraction of sp³-hybridized carbons (Fsp3) is 0.353. The van der Waals surface area contributed by atoms with Crippen molar-refractivity contribution in [3.05, 3.63) is 48.3 Å². The molecule has 0 aliphatic carbocycles. The van der Waals surface area contributed by atoms with E-state index < -0.39 is 0 Å². The van der Waals surface area contributed by atoms with Gasteiger partial charge in [0.05, 0.1) is 12.4 Å². The van der Waals surface area contributed by atoms with Gasteiger partial charge in [0.2, 0.25) is 5.91 Å². The zero-order chi connectivity index (χ0) is 15.5.